The van der Waals surface area contributed by atoms with Crippen molar-refractivity contribution in [1.29, 1.82) is 0 Å². The fourth-order valence-corrected chi connectivity index (χ4v) is 2.75. The van der Waals surface area contributed by atoms with Gasteiger partial charge in [-0.3, -0.25) is 0 Å². The van der Waals surface area contributed by atoms with Gasteiger partial charge in [0, 0.05) is 17.2 Å². The second kappa shape index (κ2) is 7.87. The van der Waals surface area contributed by atoms with Crippen LogP contribution in [0.25, 0.3) is 0 Å². The molecule has 2 aromatic rings. The van der Waals surface area contributed by atoms with Gasteiger partial charge in [0.1, 0.15) is 16.7 Å². The largest absolute Gasteiger partial charge is 0.313 e. The first kappa shape index (κ1) is 16.4. The highest BCUT2D eigenvalue weighted by Crippen LogP contribution is 2.32. The van der Waals surface area contributed by atoms with Crippen molar-refractivity contribution in [1.82, 2.24) is 10.3 Å². The molecule has 21 heavy (non-hydrogen) atoms. The van der Waals surface area contributed by atoms with Gasteiger partial charge < -0.3 is 5.32 Å². The van der Waals surface area contributed by atoms with E-state index in [1.165, 1.54) is 12.1 Å². The van der Waals surface area contributed by atoms with Crippen LogP contribution in [-0.4, -0.2) is 11.5 Å². The van der Waals surface area contributed by atoms with Crippen molar-refractivity contribution in [3.8, 4) is 0 Å². The molecule has 6 heteroatoms. The van der Waals surface area contributed by atoms with E-state index in [0.29, 0.717) is 17.1 Å². The predicted octanol–water partition coefficient (Wildman–Crippen LogP) is 4.77. The molecule has 0 atom stereocenters. The first-order chi connectivity index (χ1) is 10.1. The summed E-state index contributed by atoms with van der Waals surface area (Å²) in [6.45, 7) is 3.32. The summed E-state index contributed by atoms with van der Waals surface area (Å²) in [4.78, 5) is 4.09. The molecule has 0 fully saturated rings. The van der Waals surface area contributed by atoms with Crippen LogP contribution in [-0.2, 0) is 6.54 Å². The molecule has 2 rings (SSSR count). The van der Waals surface area contributed by atoms with E-state index in [4.69, 9.17) is 0 Å². The predicted molar refractivity (Wildman–Crippen MR) is 84.4 cm³/mol. The molecule has 1 aromatic heterocycles. The summed E-state index contributed by atoms with van der Waals surface area (Å²) in [5.74, 6) is -1.11. The third-order valence-electron chi connectivity index (χ3n) is 2.72. The molecule has 0 aliphatic carbocycles. The van der Waals surface area contributed by atoms with Gasteiger partial charge >= 0.3 is 0 Å². The summed E-state index contributed by atoms with van der Waals surface area (Å²) in [6, 6.07) is 6.23. The van der Waals surface area contributed by atoms with Crippen molar-refractivity contribution in [3.63, 3.8) is 0 Å². The molecule has 0 radical (unpaired) electrons. The van der Waals surface area contributed by atoms with Crippen molar-refractivity contribution < 1.29 is 8.78 Å². The van der Waals surface area contributed by atoms with E-state index in [1.807, 2.05) is 6.92 Å². The normalized spacial score (nSPS) is 10.9. The van der Waals surface area contributed by atoms with Gasteiger partial charge in [0.2, 0.25) is 0 Å². The summed E-state index contributed by atoms with van der Waals surface area (Å²) in [5, 5.41) is 3.67. The number of aromatic nitrogens is 1. The quantitative estimate of drug-likeness (QED) is 0.739. The Morgan fingerprint density at radius 1 is 1.24 bits per heavy atom. The summed E-state index contributed by atoms with van der Waals surface area (Å²) in [5.41, 5.74) is 0.603. The van der Waals surface area contributed by atoms with Crippen molar-refractivity contribution in [3.05, 3.63) is 52.1 Å². The zero-order chi connectivity index (χ0) is 15.2. The van der Waals surface area contributed by atoms with Crippen molar-refractivity contribution >= 4 is 27.7 Å². The third-order valence-corrected chi connectivity index (χ3v) is 4.23. The van der Waals surface area contributed by atoms with Crippen LogP contribution in [0.3, 0.4) is 0 Å². The van der Waals surface area contributed by atoms with Crippen molar-refractivity contribution in [2.45, 2.75) is 29.8 Å². The number of benzene rings is 1. The summed E-state index contributed by atoms with van der Waals surface area (Å²) < 4.78 is 28.9. The Hall–Kier alpha value is -0.980. The molecule has 0 spiro atoms. The summed E-state index contributed by atoms with van der Waals surface area (Å²) in [6.07, 6.45) is 2.58. The van der Waals surface area contributed by atoms with Crippen LogP contribution in [0.1, 0.15) is 18.9 Å². The minimum Gasteiger partial charge on any atom is -0.313 e. The monoisotopic (exact) mass is 372 g/mol. The van der Waals surface area contributed by atoms with Crippen LogP contribution in [0.15, 0.2) is 44.9 Å². The highest BCUT2D eigenvalue weighted by Gasteiger charge is 2.13. The average Bonchev–Trinajstić information content (AvgIpc) is 2.45. The highest BCUT2D eigenvalue weighted by atomic mass is 79.9. The fourth-order valence-electron chi connectivity index (χ4n) is 1.75. The molecule has 0 aliphatic rings. The van der Waals surface area contributed by atoms with E-state index in [-0.39, 0.29) is 4.90 Å². The van der Waals surface area contributed by atoms with Gasteiger partial charge in [-0.15, -0.1) is 0 Å². The van der Waals surface area contributed by atoms with Crippen molar-refractivity contribution in [2.75, 3.05) is 6.54 Å². The van der Waals surface area contributed by atoms with E-state index in [0.717, 1.165) is 29.2 Å². The minimum atomic E-state index is -0.557. The molecule has 1 heterocycles. The van der Waals surface area contributed by atoms with E-state index in [2.05, 4.69) is 26.2 Å². The Morgan fingerprint density at radius 2 is 1.95 bits per heavy atom. The molecule has 1 N–H and O–H groups in total. The smallest absolute Gasteiger partial charge is 0.140 e. The van der Waals surface area contributed by atoms with Gasteiger partial charge in [0.05, 0.1) is 4.90 Å². The van der Waals surface area contributed by atoms with Gasteiger partial charge in [-0.2, -0.15) is 0 Å². The number of nitrogens with one attached hydrogen (secondary N) is 1. The topological polar surface area (TPSA) is 24.9 Å². The Balaban J connectivity index is 2.14. The molecule has 0 unspecified atom stereocenters. The van der Waals surface area contributed by atoms with Gasteiger partial charge in [0.15, 0.2) is 0 Å². The number of halogens is 3. The van der Waals surface area contributed by atoms with E-state index < -0.39 is 11.6 Å². The van der Waals surface area contributed by atoms with Crippen LogP contribution in [0.2, 0.25) is 0 Å². The molecular formula is C15H15BrF2N2S. The maximum Gasteiger partial charge on any atom is 0.140 e. The first-order valence-electron chi connectivity index (χ1n) is 6.58. The molecule has 0 saturated carbocycles. The number of rotatable bonds is 6. The zero-order valence-electron chi connectivity index (χ0n) is 11.5. The lowest BCUT2D eigenvalue weighted by Crippen LogP contribution is -2.14. The lowest BCUT2D eigenvalue weighted by atomic mass is 10.2. The average molecular weight is 373 g/mol. The van der Waals surface area contributed by atoms with Crippen LogP contribution in [0, 0.1) is 11.6 Å². The Kier molecular flexibility index (Phi) is 6.14. The number of hydrogen-bond acceptors (Lipinski definition) is 3. The second-order valence-corrected chi connectivity index (χ2v) is 6.43. The Labute approximate surface area is 135 Å². The number of pyridine rings is 1. The second-order valence-electron chi connectivity index (χ2n) is 4.48. The number of nitrogens with zero attached hydrogens (tertiary/aromatic N) is 1. The van der Waals surface area contributed by atoms with Gasteiger partial charge in [-0.05, 0) is 58.7 Å². The Morgan fingerprint density at radius 3 is 2.52 bits per heavy atom. The van der Waals surface area contributed by atoms with E-state index in [1.54, 1.807) is 18.3 Å². The van der Waals surface area contributed by atoms with Gasteiger partial charge in [-0.1, -0.05) is 18.7 Å². The highest BCUT2D eigenvalue weighted by molar-refractivity contribution is 9.10. The van der Waals surface area contributed by atoms with Crippen LogP contribution in [0.4, 0.5) is 8.78 Å². The molecule has 112 valence electrons. The standard InChI is InChI=1S/C15H15BrF2N2S/c1-2-5-19-8-10-6-12(17)15(13(18)7-10)21-14-4-3-11(16)9-20-14/h3-4,6-7,9,19H,2,5,8H2,1H3. The number of hydrogen-bond donors (Lipinski definition) is 1. The first-order valence-corrected chi connectivity index (χ1v) is 8.19. The van der Waals surface area contributed by atoms with Crippen LogP contribution < -0.4 is 5.32 Å². The maximum absolute atomic E-state index is 14.1. The molecule has 0 aliphatic heterocycles. The lowest BCUT2D eigenvalue weighted by Gasteiger charge is -2.08. The lowest BCUT2D eigenvalue weighted by molar-refractivity contribution is 0.534. The molecule has 2 nitrogen and oxygen atoms in total. The SMILES string of the molecule is CCCNCc1cc(F)c(Sc2ccc(Br)cn2)c(F)c1. The van der Waals surface area contributed by atoms with E-state index in [9.17, 15) is 8.78 Å². The van der Waals surface area contributed by atoms with Crippen molar-refractivity contribution in [2.24, 2.45) is 0 Å². The summed E-state index contributed by atoms with van der Waals surface area (Å²) >= 11 is 4.26. The van der Waals surface area contributed by atoms with Crippen LogP contribution in [0.5, 0.6) is 0 Å². The third kappa shape index (κ3) is 4.76. The van der Waals surface area contributed by atoms with Gasteiger partial charge in [0.25, 0.3) is 0 Å². The molecule has 0 bridgehead atoms. The Bertz CT molecular complexity index is 582. The molecule has 1 aromatic carbocycles. The minimum absolute atomic E-state index is 0.0240. The summed E-state index contributed by atoms with van der Waals surface area (Å²) in [7, 11) is 0. The maximum atomic E-state index is 14.1. The molecule has 0 amide bonds. The van der Waals surface area contributed by atoms with Gasteiger partial charge in [-0.25, -0.2) is 13.8 Å². The van der Waals surface area contributed by atoms with Crippen LogP contribution >= 0.6 is 27.7 Å². The zero-order valence-corrected chi connectivity index (χ0v) is 13.9. The molecule has 0 saturated heterocycles. The van der Waals surface area contributed by atoms with E-state index >= 15 is 0 Å². The fraction of sp³-hybridized carbons (Fsp3) is 0.267. The molecular weight excluding hydrogens is 358 g/mol.